The quantitative estimate of drug-likeness (QED) is 0.457. The first-order valence-electron chi connectivity index (χ1n) is 5.49. The second-order valence-electron chi connectivity index (χ2n) is 3.33. The third-order valence-electron chi connectivity index (χ3n) is 1.95. The fourth-order valence-corrected chi connectivity index (χ4v) is 1.18. The van der Waals surface area contributed by atoms with Crippen molar-refractivity contribution < 1.29 is 9.53 Å². The van der Waals surface area contributed by atoms with Crippen LogP contribution in [-0.4, -0.2) is 25.1 Å². The first-order chi connectivity index (χ1) is 8.22. The molecule has 0 atom stereocenters. The molecule has 0 aliphatic heterocycles. The number of amides is 1. The lowest BCUT2D eigenvalue weighted by atomic mass is 10.3. The highest BCUT2D eigenvalue weighted by atomic mass is 16.5. The van der Waals surface area contributed by atoms with Crippen LogP contribution < -0.4 is 11.1 Å². The summed E-state index contributed by atoms with van der Waals surface area (Å²) in [6.07, 6.45) is 0.277. The Hall–Kier alpha value is -1.88. The second-order valence-corrected chi connectivity index (χ2v) is 3.33. The van der Waals surface area contributed by atoms with Gasteiger partial charge in [0.05, 0.1) is 18.7 Å². The van der Waals surface area contributed by atoms with Gasteiger partial charge in [0, 0.05) is 6.61 Å². The van der Waals surface area contributed by atoms with Gasteiger partial charge in [0.15, 0.2) is 0 Å². The van der Waals surface area contributed by atoms with Crippen LogP contribution in [0.1, 0.15) is 13.3 Å². The molecule has 1 rings (SSSR count). The fraction of sp³-hybridized carbons (Fsp3) is 0.333. The van der Waals surface area contributed by atoms with Crippen LogP contribution in [0.5, 0.6) is 0 Å². The molecule has 3 N–H and O–H groups in total. The molecule has 1 aromatic rings. The number of para-hydroxylation sites is 1. The van der Waals surface area contributed by atoms with E-state index in [9.17, 15) is 4.79 Å². The maximum atomic E-state index is 11.4. The van der Waals surface area contributed by atoms with Gasteiger partial charge in [-0.2, -0.15) is 0 Å². The van der Waals surface area contributed by atoms with E-state index in [0.717, 1.165) is 0 Å². The first kappa shape index (κ1) is 13.2. The first-order valence-corrected chi connectivity index (χ1v) is 5.49. The Morgan fingerprint density at radius 3 is 2.76 bits per heavy atom. The van der Waals surface area contributed by atoms with E-state index in [1.54, 1.807) is 12.1 Å². The van der Waals surface area contributed by atoms with E-state index in [1.807, 2.05) is 25.1 Å². The normalized spacial score (nSPS) is 11.2. The van der Waals surface area contributed by atoms with E-state index in [-0.39, 0.29) is 18.3 Å². The summed E-state index contributed by atoms with van der Waals surface area (Å²) in [6.45, 7) is 2.87. The Morgan fingerprint density at radius 1 is 1.41 bits per heavy atom. The summed E-state index contributed by atoms with van der Waals surface area (Å²) in [5, 5.41) is 2.50. The predicted molar refractivity (Wildman–Crippen MR) is 67.0 cm³/mol. The average molecular weight is 235 g/mol. The van der Waals surface area contributed by atoms with Gasteiger partial charge in [-0.1, -0.05) is 18.2 Å². The third kappa shape index (κ3) is 5.67. The number of nitrogens with zero attached hydrogens (tertiary/aromatic N) is 1. The number of ether oxygens (including phenoxy) is 1. The van der Waals surface area contributed by atoms with E-state index >= 15 is 0 Å². The lowest BCUT2D eigenvalue weighted by Gasteiger charge is -2.04. The summed E-state index contributed by atoms with van der Waals surface area (Å²) in [7, 11) is 0. The number of hydrogen-bond donors (Lipinski definition) is 2. The highest BCUT2D eigenvalue weighted by molar-refractivity contribution is 5.97. The molecule has 0 unspecified atom stereocenters. The van der Waals surface area contributed by atoms with Crippen molar-refractivity contribution in [2.24, 2.45) is 10.7 Å². The molecule has 0 aromatic heterocycles. The van der Waals surface area contributed by atoms with Crippen LogP contribution in [0.25, 0.3) is 0 Å². The molecule has 0 aliphatic rings. The molecule has 0 spiro atoms. The van der Waals surface area contributed by atoms with Crippen LogP contribution in [-0.2, 0) is 9.53 Å². The van der Waals surface area contributed by atoms with Gasteiger partial charge in [0.2, 0.25) is 11.9 Å². The van der Waals surface area contributed by atoms with Crippen LogP contribution >= 0.6 is 0 Å². The summed E-state index contributed by atoms with van der Waals surface area (Å²) in [4.78, 5) is 15.4. The fourth-order valence-electron chi connectivity index (χ4n) is 1.18. The van der Waals surface area contributed by atoms with E-state index < -0.39 is 0 Å². The zero-order valence-electron chi connectivity index (χ0n) is 9.85. The van der Waals surface area contributed by atoms with Gasteiger partial charge in [-0.3, -0.25) is 10.1 Å². The molecule has 0 bridgehead atoms. The summed E-state index contributed by atoms with van der Waals surface area (Å²) in [5.41, 5.74) is 6.29. The molecule has 92 valence electrons. The SMILES string of the molecule is CCOCCC(=O)NC(N)=Nc1ccccc1. The lowest BCUT2D eigenvalue weighted by Crippen LogP contribution is -2.36. The van der Waals surface area contributed by atoms with Crippen LogP contribution in [0.2, 0.25) is 0 Å². The van der Waals surface area contributed by atoms with E-state index in [1.165, 1.54) is 0 Å². The van der Waals surface area contributed by atoms with Crippen molar-refractivity contribution in [3.05, 3.63) is 30.3 Å². The van der Waals surface area contributed by atoms with Gasteiger partial charge in [0.1, 0.15) is 0 Å². The molecule has 0 radical (unpaired) electrons. The Labute approximate surface area is 101 Å². The Balaban J connectivity index is 2.41. The predicted octanol–water partition coefficient (Wildman–Crippen LogP) is 1.18. The number of nitrogens with one attached hydrogen (secondary N) is 1. The van der Waals surface area contributed by atoms with Crippen molar-refractivity contribution in [1.29, 1.82) is 0 Å². The number of carbonyl (C=O) groups excluding carboxylic acids is 1. The number of rotatable bonds is 5. The van der Waals surface area contributed by atoms with Crippen molar-refractivity contribution in [3.8, 4) is 0 Å². The minimum Gasteiger partial charge on any atom is -0.381 e. The minimum atomic E-state index is -0.198. The molecule has 1 aromatic carbocycles. The molecular formula is C12H17N3O2. The average Bonchev–Trinajstić information content (AvgIpc) is 2.30. The number of guanidine groups is 1. The molecule has 0 aliphatic carbocycles. The third-order valence-corrected chi connectivity index (χ3v) is 1.95. The standard InChI is InChI=1S/C12H17N3O2/c1-2-17-9-8-11(16)15-12(13)14-10-6-4-3-5-7-10/h3-7H,2,8-9H2,1H3,(H3,13,14,15,16). The van der Waals surface area contributed by atoms with Gasteiger partial charge in [-0.15, -0.1) is 0 Å². The zero-order valence-corrected chi connectivity index (χ0v) is 9.85. The summed E-state index contributed by atoms with van der Waals surface area (Å²) >= 11 is 0. The van der Waals surface area contributed by atoms with Gasteiger partial charge >= 0.3 is 0 Å². The van der Waals surface area contributed by atoms with E-state index in [4.69, 9.17) is 10.5 Å². The van der Waals surface area contributed by atoms with E-state index in [0.29, 0.717) is 18.9 Å². The van der Waals surface area contributed by atoms with Crippen LogP contribution in [0.4, 0.5) is 5.69 Å². The smallest absolute Gasteiger partial charge is 0.228 e. The number of hydrogen-bond acceptors (Lipinski definition) is 3. The van der Waals surface area contributed by atoms with Crippen molar-refractivity contribution in [3.63, 3.8) is 0 Å². The Morgan fingerprint density at radius 2 is 2.12 bits per heavy atom. The highest BCUT2D eigenvalue weighted by Crippen LogP contribution is 2.08. The van der Waals surface area contributed by atoms with Gasteiger partial charge < -0.3 is 10.5 Å². The van der Waals surface area contributed by atoms with Gasteiger partial charge in [-0.05, 0) is 19.1 Å². The highest BCUT2D eigenvalue weighted by Gasteiger charge is 2.02. The molecule has 0 saturated carbocycles. The summed E-state index contributed by atoms with van der Waals surface area (Å²) in [6, 6.07) is 9.19. The number of benzene rings is 1. The van der Waals surface area contributed by atoms with Crippen molar-refractivity contribution in [1.82, 2.24) is 5.32 Å². The van der Waals surface area contributed by atoms with Crippen molar-refractivity contribution >= 4 is 17.6 Å². The molecule has 0 heterocycles. The molecule has 17 heavy (non-hydrogen) atoms. The Bertz CT molecular complexity index is 377. The largest absolute Gasteiger partial charge is 0.381 e. The van der Waals surface area contributed by atoms with Gasteiger partial charge in [-0.25, -0.2) is 4.99 Å². The van der Waals surface area contributed by atoms with Crippen molar-refractivity contribution in [2.45, 2.75) is 13.3 Å². The number of carbonyl (C=O) groups is 1. The monoisotopic (exact) mass is 235 g/mol. The lowest BCUT2D eigenvalue weighted by molar-refractivity contribution is -0.120. The van der Waals surface area contributed by atoms with E-state index in [2.05, 4.69) is 10.3 Å². The maximum absolute atomic E-state index is 11.4. The molecule has 5 nitrogen and oxygen atoms in total. The molecule has 0 saturated heterocycles. The molecular weight excluding hydrogens is 218 g/mol. The van der Waals surface area contributed by atoms with Crippen LogP contribution in [0, 0.1) is 0 Å². The summed E-state index contributed by atoms with van der Waals surface area (Å²) in [5.74, 6) is -0.103. The maximum Gasteiger partial charge on any atom is 0.228 e. The topological polar surface area (TPSA) is 76.7 Å². The van der Waals surface area contributed by atoms with Gasteiger partial charge in [0.25, 0.3) is 0 Å². The van der Waals surface area contributed by atoms with Crippen LogP contribution in [0.15, 0.2) is 35.3 Å². The summed E-state index contributed by atoms with van der Waals surface area (Å²) < 4.78 is 5.06. The molecule has 5 heteroatoms. The zero-order chi connectivity index (χ0) is 12.5. The second kappa shape index (κ2) is 7.40. The van der Waals surface area contributed by atoms with Crippen LogP contribution in [0.3, 0.4) is 0 Å². The number of aliphatic imine (C=N–C) groups is 1. The Kier molecular flexibility index (Phi) is 5.74. The molecule has 1 amide bonds. The number of nitrogens with two attached hydrogens (primary N) is 1. The minimum absolute atomic E-state index is 0.0951. The molecule has 0 fully saturated rings. The van der Waals surface area contributed by atoms with Crippen molar-refractivity contribution in [2.75, 3.05) is 13.2 Å².